The summed E-state index contributed by atoms with van der Waals surface area (Å²) < 4.78 is 0. The summed E-state index contributed by atoms with van der Waals surface area (Å²) in [4.78, 5) is 9.44. The number of rotatable bonds is 14. The van der Waals surface area contributed by atoms with Crippen molar-refractivity contribution in [3.05, 3.63) is 95.1 Å². The van der Waals surface area contributed by atoms with E-state index in [0.29, 0.717) is 0 Å². The highest BCUT2D eigenvalue weighted by Crippen LogP contribution is 2.37. The first kappa shape index (κ1) is 31.5. The zero-order valence-corrected chi connectivity index (χ0v) is 26.4. The fourth-order valence-corrected chi connectivity index (χ4v) is 5.42. The van der Waals surface area contributed by atoms with Gasteiger partial charge in [0.05, 0.1) is 11.4 Å². The maximum Gasteiger partial charge on any atom is 0.0625 e. The van der Waals surface area contributed by atoms with E-state index in [1.807, 2.05) is 0 Å². The molecule has 0 bridgehead atoms. The van der Waals surface area contributed by atoms with Crippen LogP contribution in [0.4, 0.5) is 11.4 Å². The Hall–Kier alpha value is -3.00. The Morgan fingerprint density at radius 2 is 0.875 bits per heavy atom. The number of hydrogen-bond acceptors (Lipinski definition) is 2. The average molecular weight is 537 g/mol. The van der Waals surface area contributed by atoms with E-state index in [1.165, 1.54) is 47.9 Å². The summed E-state index contributed by atoms with van der Waals surface area (Å²) in [5.41, 5.74) is 7.09. The van der Waals surface area contributed by atoms with E-state index in [1.54, 1.807) is 0 Å². The monoisotopic (exact) mass is 536 g/mol. The van der Waals surface area contributed by atoms with Crippen LogP contribution < -0.4 is 0 Å². The van der Waals surface area contributed by atoms with Gasteiger partial charge in [-0.05, 0) is 71.2 Å². The first-order valence-corrected chi connectivity index (χ1v) is 15.5. The molecule has 214 valence electrons. The number of aliphatic imine (C=N–C) groups is 2. The van der Waals surface area contributed by atoms with E-state index in [0.717, 1.165) is 36.1 Å². The molecule has 0 spiro atoms. The Morgan fingerprint density at radius 3 is 1.20 bits per heavy atom. The fourth-order valence-electron chi connectivity index (χ4n) is 5.42. The van der Waals surface area contributed by atoms with Crippen LogP contribution in [0.3, 0.4) is 0 Å². The maximum absolute atomic E-state index is 4.72. The summed E-state index contributed by atoms with van der Waals surface area (Å²) >= 11 is 0. The predicted octanol–water partition coefficient (Wildman–Crippen LogP) is 11.4. The molecule has 0 atom stereocenters. The molecule has 0 aliphatic carbocycles. The lowest BCUT2D eigenvalue weighted by Gasteiger charge is -2.31. The van der Waals surface area contributed by atoms with Crippen LogP contribution in [0.5, 0.6) is 0 Å². The predicted molar refractivity (Wildman–Crippen MR) is 177 cm³/mol. The first-order chi connectivity index (χ1) is 19.1. The van der Waals surface area contributed by atoms with Gasteiger partial charge in [-0.2, -0.15) is 0 Å². The molecule has 2 heteroatoms. The molecule has 2 nitrogen and oxygen atoms in total. The molecule has 3 rings (SSSR count). The van der Waals surface area contributed by atoms with Crippen LogP contribution >= 0.6 is 0 Å². The second-order valence-electron chi connectivity index (χ2n) is 12.4. The second-order valence-corrected chi connectivity index (χ2v) is 12.4. The van der Waals surface area contributed by atoms with Crippen molar-refractivity contribution in [3.63, 3.8) is 0 Å². The van der Waals surface area contributed by atoms with Crippen LogP contribution in [0.25, 0.3) is 0 Å². The van der Waals surface area contributed by atoms with Crippen molar-refractivity contribution >= 4 is 23.8 Å². The third-order valence-corrected chi connectivity index (χ3v) is 9.15. The Kier molecular flexibility index (Phi) is 11.5. The molecule has 3 aromatic rings. The lowest BCUT2D eigenvalue weighted by molar-refractivity contribution is 0.516. The topological polar surface area (TPSA) is 24.7 Å². The normalized spacial score (nSPS) is 12.8. The lowest BCUT2D eigenvalue weighted by atomic mass is 9.73. The molecule has 0 unspecified atom stereocenters. The van der Waals surface area contributed by atoms with Gasteiger partial charge in [-0.15, -0.1) is 0 Å². The standard InChI is InChI=1S/C38H52N2/c1-9-29(10-2)24-26-39-35-20-16-31(17-21-35)37(5,6)33-14-13-15-34(28-33)38(7,8)32-18-22-36(23-19-32)40-27-25-30(11-3)12-4/h13-23,26-30H,9-12,24-25H2,1-8H3. The fraction of sp³-hybridized carbons (Fsp3) is 0.474. The Bertz CT molecular complexity index is 1130. The zero-order valence-electron chi connectivity index (χ0n) is 26.4. The molecule has 0 N–H and O–H groups in total. The lowest BCUT2D eigenvalue weighted by Crippen LogP contribution is -2.22. The van der Waals surface area contributed by atoms with Crippen molar-refractivity contribution in [2.75, 3.05) is 0 Å². The molecular formula is C38H52N2. The van der Waals surface area contributed by atoms with Crippen molar-refractivity contribution in [1.82, 2.24) is 0 Å². The van der Waals surface area contributed by atoms with Gasteiger partial charge in [0.1, 0.15) is 0 Å². The molecule has 0 aromatic heterocycles. The molecule has 0 amide bonds. The summed E-state index contributed by atoms with van der Waals surface area (Å²) in [5, 5.41) is 0. The third kappa shape index (κ3) is 8.03. The molecule has 0 aliphatic rings. The van der Waals surface area contributed by atoms with Crippen molar-refractivity contribution in [2.24, 2.45) is 21.8 Å². The molecule has 0 heterocycles. The molecular weight excluding hydrogens is 484 g/mol. The quantitative estimate of drug-likeness (QED) is 0.183. The van der Waals surface area contributed by atoms with E-state index < -0.39 is 0 Å². The Morgan fingerprint density at radius 1 is 0.525 bits per heavy atom. The summed E-state index contributed by atoms with van der Waals surface area (Å²) in [6.45, 7) is 18.3. The largest absolute Gasteiger partial charge is 0.261 e. The van der Waals surface area contributed by atoms with Gasteiger partial charge in [0.2, 0.25) is 0 Å². The van der Waals surface area contributed by atoms with Gasteiger partial charge in [-0.25, -0.2) is 0 Å². The van der Waals surface area contributed by atoms with Gasteiger partial charge >= 0.3 is 0 Å². The van der Waals surface area contributed by atoms with E-state index in [4.69, 9.17) is 9.98 Å². The summed E-state index contributed by atoms with van der Waals surface area (Å²) in [7, 11) is 0. The van der Waals surface area contributed by atoms with Crippen LogP contribution in [0.15, 0.2) is 82.8 Å². The average Bonchev–Trinajstić information content (AvgIpc) is 2.98. The highest BCUT2D eigenvalue weighted by Gasteiger charge is 2.27. The smallest absolute Gasteiger partial charge is 0.0625 e. The van der Waals surface area contributed by atoms with Gasteiger partial charge in [-0.1, -0.05) is 130 Å². The van der Waals surface area contributed by atoms with Gasteiger partial charge in [0, 0.05) is 23.3 Å². The van der Waals surface area contributed by atoms with Crippen LogP contribution in [0.1, 0.15) is 116 Å². The highest BCUT2D eigenvalue weighted by atomic mass is 14.7. The van der Waals surface area contributed by atoms with Gasteiger partial charge in [0.25, 0.3) is 0 Å². The molecule has 0 fully saturated rings. The number of hydrogen-bond donors (Lipinski definition) is 0. The minimum atomic E-state index is -0.114. The Labute approximate surface area is 245 Å². The van der Waals surface area contributed by atoms with Gasteiger partial charge in [-0.3, -0.25) is 9.98 Å². The Balaban J connectivity index is 1.76. The summed E-state index contributed by atoms with van der Waals surface area (Å²) in [5.74, 6) is 1.46. The van der Waals surface area contributed by atoms with Crippen LogP contribution in [-0.2, 0) is 10.8 Å². The van der Waals surface area contributed by atoms with Crippen molar-refractivity contribution in [1.29, 1.82) is 0 Å². The molecule has 0 saturated carbocycles. The molecule has 0 saturated heterocycles. The molecule has 40 heavy (non-hydrogen) atoms. The van der Waals surface area contributed by atoms with E-state index in [2.05, 4.69) is 141 Å². The van der Waals surface area contributed by atoms with Crippen molar-refractivity contribution in [3.8, 4) is 0 Å². The maximum atomic E-state index is 4.72. The van der Waals surface area contributed by atoms with Gasteiger partial charge < -0.3 is 0 Å². The van der Waals surface area contributed by atoms with E-state index in [9.17, 15) is 0 Å². The summed E-state index contributed by atoms with van der Waals surface area (Å²) in [6.07, 6.45) is 11.1. The highest BCUT2D eigenvalue weighted by molar-refractivity contribution is 5.64. The molecule has 0 radical (unpaired) electrons. The molecule has 0 aliphatic heterocycles. The molecule has 3 aromatic carbocycles. The minimum Gasteiger partial charge on any atom is -0.261 e. The third-order valence-electron chi connectivity index (χ3n) is 9.15. The van der Waals surface area contributed by atoms with Crippen molar-refractivity contribution in [2.45, 2.75) is 105 Å². The van der Waals surface area contributed by atoms with E-state index >= 15 is 0 Å². The number of benzene rings is 3. The van der Waals surface area contributed by atoms with Crippen LogP contribution in [-0.4, -0.2) is 12.4 Å². The van der Waals surface area contributed by atoms with Crippen LogP contribution in [0.2, 0.25) is 0 Å². The first-order valence-electron chi connectivity index (χ1n) is 15.5. The minimum absolute atomic E-state index is 0.114. The zero-order chi connectivity index (χ0) is 29.2. The van der Waals surface area contributed by atoms with E-state index in [-0.39, 0.29) is 10.8 Å². The van der Waals surface area contributed by atoms with Gasteiger partial charge in [0.15, 0.2) is 0 Å². The van der Waals surface area contributed by atoms with Crippen molar-refractivity contribution < 1.29 is 0 Å². The second kappa shape index (κ2) is 14.6. The summed E-state index contributed by atoms with van der Waals surface area (Å²) in [6, 6.07) is 26.7. The SMILES string of the molecule is CCC(CC)CC=Nc1ccc(C(C)(C)c2cccc(C(C)(C)c3ccc(N=CCC(CC)CC)cc3)c2)cc1. The number of nitrogens with zero attached hydrogens (tertiary/aromatic N) is 2. The van der Waals surface area contributed by atoms with Crippen LogP contribution in [0, 0.1) is 11.8 Å².